The van der Waals surface area contributed by atoms with Crippen LogP contribution in [0.25, 0.3) is 0 Å². The molecule has 0 radical (unpaired) electrons. The summed E-state index contributed by atoms with van der Waals surface area (Å²) >= 11 is 1.61. The number of nitrogens with one attached hydrogen (secondary N) is 1. The van der Waals surface area contributed by atoms with Gasteiger partial charge in [-0.25, -0.2) is 0 Å². The van der Waals surface area contributed by atoms with Gasteiger partial charge in [0.25, 0.3) is 0 Å². The van der Waals surface area contributed by atoms with Crippen molar-refractivity contribution < 1.29 is 5.11 Å². The average molecular weight is 213 g/mol. The normalized spacial score (nSPS) is 15.8. The molecule has 2 atom stereocenters. The number of hydrogen-bond donors (Lipinski definition) is 2. The van der Waals surface area contributed by atoms with Crippen LogP contribution in [0.15, 0.2) is 17.5 Å². The van der Waals surface area contributed by atoms with E-state index in [0.717, 1.165) is 11.3 Å². The van der Waals surface area contributed by atoms with E-state index in [2.05, 4.69) is 26.1 Å². The van der Waals surface area contributed by atoms with Crippen LogP contribution in [-0.4, -0.2) is 17.2 Å². The second-order valence-electron chi connectivity index (χ2n) is 3.80. The van der Waals surface area contributed by atoms with Gasteiger partial charge in [-0.3, -0.25) is 0 Å². The van der Waals surface area contributed by atoms with Crippen molar-refractivity contribution >= 4 is 11.3 Å². The van der Waals surface area contributed by atoms with Crippen molar-refractivity contribution in [2.75, 3.05) is 0 Å². The van der Waals surface area contributed by atoms with Crippen molar-refractivity contribution in [3.05, 3.63) is 22.4 Å². The van der Waals surface area contributed by atoms with Gasteiger partial charge in [-0.2, -0.15) is 0 Å². The van der Waals surface area contributed by atoms with Gasteiger partial charge in [0.1, 0.15) is 6.10 Å². The van der Waals surface area contributed by atoms with Gasteiger partial charge in [-0.1, -0.05) is 26.8 Å². The molecule has 0 aliphatic carbocycles. The minimum Gasteiger partial charge on any atom is -0.386 e. The summed E-state index contributed by atoms with van der Waals surface area (Å²) in [6.07, 6.45) is 0.569. The first-order chi connectivity index (χ1) is 6.65. The molecule has 0 fully saturated rings. The van der Waals surface area contributed by atoms with Gasteiger partial charge in [0, 0.05) is 17.0 Å². The summed E-state index contributed by atoms with van der Waals surface area (Å²) in [5, 5.41) is 15.4. The molecule has 1 rings (SSSR count). The van der Waals surface area contributed by atoms with E-state index < -0.39 is 0 Å². The molecule has 0 saturated heterocycles. The van der Waals surface area contributed by atoms with E-state index in [1.807, 2.05) is 17.5 Å². The van der Waals surface area contributed by atoms with Crippen LogP contribution >= 0.6 is 11.3 Å². The molecule has 1 aromatic rings. The highest BCUT2D eigenvalue weighted by Crippen LogP contribution is 2.23. The molecule has 2 unspecified atom stereocenters. The SMILES string of the molecule is CCC(NC(C)C)C(O)c1cccs1. The number of aliphatic hydroxyl groups is 1. The lowest BCUT2D eigenvalue weighted by atomic mass is 10.1. The molecule has 2 nitrogen and oxygen atoms in total. The Morgan fingerprint density at radius 2 is 2.21 bits per heavy atom. The van der Waals surface area contributed by atoms with Crippen LogP contribution in [0.5, 0.6) is 0 Å². The molecule has 1 heterocycles. The van der Waals surface area contributed by atoms with Crippen molar-refractivity contribution in [3.63, 3.8) is 0 Å². The zero-order valence-electron chi connectivity index (χ0n) is 9.03. The molecule has 0 aliphatic rings. The summed E-state index contributed by atoms with van der Waals surface area (Å²) in [7, 11) is 0. The van der Waals surface area contributed by atoms with Crippen LogP contribution < -0.4 is 5.32 Å². The van der Waals surface area contributed by atoms with E-state index in [0.29, 0.717) is 6.04 Å². The van der Waals surface area contributed by atoms with Gasteiger partial charge >= 0.3 is 0 Å². The number of aliphatic hydroxyl groups excluding tert-OH is 1. The summed E-state index contributed by atoms with van der Waals surface area (Å²) in [5.41, 5.74) is 0. The Kier molecular flexibility index (Phi) is 4.58. The lowest BCUT2D eigenvalue weighted by Gasteiger charge is -2.24. The fourth-order valence-corrected chi connectivity index (χ4v) is 2.29. The molecule has 0 aromatic carbocycles. The van der Waals surface area contributed by atoms with E-state index in [1.165, 1.54) is 0 Å². The van der Waals surface area contributed by atoms with Gasteiger partial charge in [-0.05, 0) is 17.9 Å². The number of hydrogen-bond acceptors (Lipinski definition) is 3. The lowest BCUT2D eigenvalue weighted by Crippen LogP contribution is -2.38. The first-order valence-corrected chi connectivity index (χ1v) is 6.00. The molecule has 0 aliphatic heterocycles. The predicted molar refractivity (Wildman–Crippen MR) is 61.6 cm³/mol. The zero-order valence-corrected chi connectivity index (χ0v) is 9.84. The molecular weight excluding hydrogens is 194 g/mol. The Morgan fingerprint density at radius 3 is 2.64 bits per heavy atom. The fraction of sp³-hybridized carbons (Fsp3) is 0.636. The van der Waals surface area contributed by atoms with E-state index in [-0.39, 0.29) is 12.1 Å². The minimum atomic E-state index is -0.373. The molecule has 14 heavy (non-hydrogen) atoms. The van der Waals surface area contributed by atoms with Crippen LogP contribution in [0.3, 0.4) is 0 Å². The molecule has 0 amide bonds. The monoisotopic (exact) mass is 213 g/mol. The first kappa shape index (κ1) is 11.7. The summed E-state index contributed by atoms with van der Waals surface area (Å²) in [4.78, 5) is 1.05. The maximum atomic E-state index is 10.1. The van der Waals surface area contributed by atoms with Crippen LogP contribution in [0, 0.1) is 0 Å². The molecule has 0 spiro atoms. The third-order valence-corrected chi connectivity index (χ3v) is 3.15. The Balaban J connectivity index is 2.60. The molecule has 1 aromatic heterocycles. The Bertz CT molecular complexity index is 246. The smallest absolute Gasteiger partial charge is 0.103 e. The first-order valence-electron chi connectivity index (χ1n) is 5.12. The molecular formula is C11H19NOS. The zero-order chi connectivity index (χ0) is 10.6. The van der Waals surface area contributed by atoms with Gasteiger partial charge in [0.15, 0.2) is 0 Å². The van der Waals surface area contributed by atoms with Gasteiger partial charge in [0.05, 0.1) is 0 Å². The standard InChI is InChI=1S/C11H19NOS/c1-4-9(12-8(2)3)11(13)10-6-5-7-14-10/h5-9,11-13H,4H2,1-3H3. The average Bonchev–Trinajstić information content (AvgIpc) is 2.65. The quantitative estimate of drug-likeness (QED) is 0.788. The van der Waals surface area contributed by atoms with Crippen molar-refractivity contribution in [1.82, 2.24) is 5.32 Å². The highest BCUT2D eigenvalue weighted by molar-refractivity contribution is 7.10. The summed E-state index contributed by atoms with van der Waals surface area (Å²) < 4.78 is 0. The minimum absolute atomic E-state index is 0.161. The predicted octanol–water partition coefficient (Wildman–Crippen LogP) is 2.56. The second-order valence-corrected chi connectivity index (χ2v) is 4.78. The van der Waals surface area contributed by atoms with Gasteiger partial charge in [0.2, 0.25) is 0 Å². The van der Waals surface area contributed by atoms with Crippen molar-refractivity contribution in [1.29, 1.82) is 0 Å². The molecule has 0 saturated carbocycles. The maximum Gasteiger partial charge on any atom is 0.103 e. The fourth-order valence-electron chi connectivity index (χ4n) is 1.52. The topological polar surface area (TPSA) is 32.3 Å². The van der Waals surface area contributed by atoms with Gasteiger partial charge in [-0.15, -0.1) is 11.3 Å². The number of thiophene rings is 1. The third-order valence-electron chi connectivity index (χ3n) is 2.20. The van der Waals surface area contributed by atoms with Crippen molar-refractivity contribution in [2.24, 2.45) is 0 Å². The van der Waals surface area contributed by atoms with Crippen molar-refractivity contribution in [2.45, 2.75) is 45.4 Å². The molecule has 3 heteroatoms. The van der Waals surface area contributed by atoms with Crippen LogP contribution in [0.2, 0.25) is 0 Å². The Morgan fingerprint density at radius 1 is 1.50 bits per heavy atom. The largest absolute Gasteiger partial charge is 0.386 e. The number of rotatable bonds is 5. The molecule has 80 valence electrons. The summed E-state index contributed by atoms with van der Waals surface area (Å²) in [5.74, 6) is 0. The van der Waals surface area contributed by atoms with E-state index in [4.69, 9.17) is 0 Å². The van der Waals surface area contributed by atoms with Crippen LogP contribution in [-0.2, 0) is 0 Å². The third kappa shape index (κ3) is 3.08. The van der Waals surface area contributed by atoms with Crippen LogP contribution in [0.4, 0.5) is 0 Å². The lowest BCUT2D eigenvalue weighted by molar-refractivity contribution is 0.125. The molecule has 2 N–H and O–H groups in total. The van der Waals surface area contributed by atoms with E-state index in [1.54, 1.807) is 11.3 Å². The van der Waals surface area contributed by atoms with E-state index >= 15 is 0 Å². The summed E-state index contributed by atoms with van der Waals surface area (Å²) in [6, 6.07) is 4.54. The van der Waals surface area contributed by atoms with E-state index in [9.17, 15) is 5.11 Å². The Hall–Kier alpha value is -0.380. The Labute approximate surface area is 90.0 Å². The van der Waals surface area contributed by atoms with Crippen LogP contribution in [0.1, 0.15) is 38.2 Å². The highest BCUT2D eigenvalue weighted by atomic mass is 32.1. The van der Waals surface area contributed by atoms with Gasteiger partial charge < -0.3 is 10.4 Å². The van der Waals surface area contributed by atoms with Crippen molar-refractivity contribution in [3.8, 4) is 0 Å². The molecule has 0 bridgehead atoms. The maximum absolute atomic E-state index is 10.1. The summed E-state index contributed by atoms with van der Waals surface area (Å²) in [6.45, 7) is 6.30. The highest BCUT2D eigenvalue weighted by Gasteiger charge is 2.20. The second kappa shape index (κ2) is 5.49.